The van der Waals surface area contributed by atoms with Gasteiger partial charge in [-0.25, -0.2) is 4.79 Å². The molecular formula is C12H23NO2. The van der Waals surface area contributed by atoms with Crippen molar-refractivity contribution in [3.05, 3.63) is 12.2 Å². The second-order valence-electron chi connectivity index (χ2n) is 3.80. The van der Waals surface area contributed by atoms with Crippen molar-refractivity contribution < 1.29 is 9.90 Å². The summed E-state index contributed by atoms with van der Waals surface area (Å²) in [6.45, 7) is 11.0. The molecular weight excluding hydrogens is 190 g/mol. The third-order valence-electron chi connectivity index (χ3n) is 2.53. The van der Waals surface area contributed by atoms with E-state index in [4.69, 9.17) is 5.11 Å². The maximum Gasteiger partial charge on any atom is 0.330 e. The quantitative estimate of drug-likeness (QED) is 0.598. The van der Waals surface area contributed by atoms with Crippen LogP contribution in [0.2, 0.25) is 0 Å². The van der Waals surface area contributed by atoms with Crippen LogP contribution in [0, 0.1) is 0 Å². The highest BCUT2D eigenvalue weighted by atomic mass is 16.4. The van der Waals surface area contributed by atoms with Crippen LogP contribution < -0.4 is 0 Å². The number of carboxylic acids is 1. The van der Waals surface area contributed by atoms with Gasteiger partial charge in [0.2, 0.25) is 0 Å². The second-order valence-corrected chi connectivity index (χ2v) is 3.80. The van der Waals surface area contributed by atoms with Gasteiger partial charge in [-0.15, -0.1) is 0 Å². The Hall–Kier alpha value is -0.830. The van der Waals surface area contributed by atoms with Gasteiger partial charge in [0.1, 0.15) is 0 Å². The van der Waals surface area contributed by atoms with E-state index in [1.807, 2.05) is 0 Å². The fraction of sp³-hybridized carbons (Fsp3) is 0.750. The van der Waals surface area contributed by atoms with Crippen molar-refractivity contribution in [2.45, 2.75) is 39.5 Å². The minimum Gasteiger partial charge on any atom is -0.478 e. The number of unbranched alkanes of at least 4 members (excludes halogenated alkanes) is 1. The zero-order valence-electron chi connectivity index (χ0n) is 9.96. The summed E-state index contributed by atoms with van der Waals surface area (Å²) in [6, 6.07) is 0. The zero-order chi connectivity index (χ0) is 11.7. The normalized spacial score (nSPS) is 10.6. The fourth-order valence-electron chi connectivity index (χ4n) is 1.43. The highest BCUT2D eigenvalue weighted by Gasteiger charge is 2.05. The van der Waals surface area contributed by atoms with E-state index in [9.17, 15) is 4.79 Å². The average Bonchev–Trinajstić information content (AvgIpc) is 2.22. The molecule has 0 fully saturated rings. The van der Waals surface area contributed by atoms with Crippen molar-refractivity contribution in [2.75, 3.05) is 19.6 Å². The van der Waals surface area contributed by atoms with Crippen LogP contribution in [-0.4, -0.2) is 35.6 Å². The number of hydrogen-bond donors (Lipinski definition) is 1. The van der Waals surface area contributed by atoms with Gasteiger partial charge in [-0.1, -0.05) is 26.8 Å². The molecule has 0 rings (SSSR count). The molecule has 0 bridgehead atoms. The molecule has 0 aliphatic rings. The van der Waals surface area contributed by atoms with Gasteiger partial charge in [0, 0.05) is 5.57 Å². The first-order valence-corrected chi connectivity index (χ1v) is 5.75. The van der Waals surface area contributed by atoms with E-state index in [2.05, 4.69) is 25.3 Å². The molecule has 88 valence electrons. The lowest BCUT2D eigenvalue weighted by Crippen LogP contribution is -2.25. The Morgan fingerprint density at radius 1 is 1.27 bits per heavy atom. The van der Waals surface area contributed by atoms with Gasteiger partial charge in [-0.05, 0) is 38.9 Å². The number of carbonyl (C=O) groups is 1. The van der Waals surface area contributed by atoms with Crippen molar-refractivity contribution in [3.8, 4) is 0 Å². The summed E-state index contributed by atoms with van der Waals surface area (Å²) < 4.78 is 0. The van der Waals surface area contributed by atoms with Crippen LogP contribution in [0.25, 0.3) is 0 Å². The third-order valence-corrected chi connectivity index (χ3v) is 2.53. The molecule has 15 heavy (non-hydrogen) atoms. The van der Waals surface area contributed by atoms with Gasteiger partial charge in [0.25, 0.3) is 0 Å². The van der Waals surface area contributed by atoms with Gasteiger partial charge in [-0.3, -0.25) is 0 Å². The predicted molar refractivity (Wildman–Crippen MR) is 63.0 cm³/mol. The summed E-state index contributed by atoms with van der Waals surface area (Å²) in [4.78, 5) is 12.9. The highest BCUT2D eigenvalue weighted by molar-refractivity contribution is 5.85. The van der Waals surface area contributed by atoms with Gasteiger partial charge < -0.3 is 10.0 Å². The van der Waals surface area contributed by atoms with Crippen LogP contribution in [0.15, 0.2) is 12.2 Å². The Bertz CT molecular complexity index is 202. The van der Waals surface area contributed by atoms with Crippen LogP contribution in [-0.2, 0) is 4.79 Å². The van der Waals surface area contributed by atoms with Crippen LogP contribution in [0.5, 0.6) is 0 Å². The summed E-state index contributed by atoms with van der Waals surface area (Å²) in [5.41, 5.74) is 0.321. The van der Waals surface area contributed by atoms with Crippen molar-refractivity contribution >= 4 is 5.97 Å². The number of aliphatic carboxylic acids is 1. The molecule has 0 aliphatic heterocycles. The van der Waals surface area contributed by atoms with Gasteiger partial charge in [-0.2, -0.15) is 0 Å². The molecule has 0 aliphatic carbocycles. The minimum absolute atomic E-state index is 0.321. The lowest BCUT2D eigenvalue weighted by atomic mass is 10.1. The molecule has 0 atom stereocenters. The Morgan fingerprint density at radius 3 is 2.33 bits per heavy atom. The van der Waals surface area contributed by atoms with E-state index in [0.29, 0.717) is 12.0 Å². The zero-order valence-corrected chi connectivity index (χ0v) is 9.96. The molecule has 0 aromatic heterocycles. The van der Waals surface area contributed by atoms with Crippen molar-refractivity contribution in [1.82, 2.24) is 4.90 Å². The molecule has 3 nitrogen and oxygen atoms in total. The molecule has 0 spiro atoms. The predicted octanol–water partition coefficient (Wildman–Crippen LogP) is 2.53. The molecule has 0 radical (unpaired) electrons. The number of nitrogens with zero attached hydrogens (tertiary/aromatic N) is 1. The molecule has 0 heterocycles. The smallest absolute Gasteiger partial charge is 0.330 e. The Kier molecular flexibility index (Phi) is 8.01. The Morgan fingerprint density at radius 2 is 1.87 bits per heavy atom. The molecule has 0 unspecified atom stereocenters. The van der Waals surface area contributed by atoms with E-state index in [1.165, 1.54) is 12.8 Å². The first-order valence-electron chi connectivity index (χ1n) is 5.75. The second kappa shape index (κ2) is 8.48. The van der Waals surface area contributed by atoms with E-state index in [0.717, 1.165) is 26.1 Å². The number of rotatable bonds is 9. The Balaban J connectivity index is 3.62. The Labute approximate surface area is 92.8 Å². The van der Waals surface area contributed by atoms with Gasteiger partial charge in [0.15, 0.2) is 0 Å². The number of hydrogen-bond acceptors (Lipinski definition) is 2. The molecule has 1 N–H and O–H groups in total. The first-order chi connectivity index (χ1) is 7.11. The third kappa shape index (κ3) is 7.14. The maximum atomic E-state index is 10.5. The van der Waals surface area contributed by atoms with Gasteiger partial charge in [0.05, 0.1) is 0 Å². The molecule has 0 saturated carbocycles. The lowest BCUT2D eigenvalue weighted by Gasteiger charge is -2.19. The maximum absolute atomic E-state index is 10.5. The van der Waals surface area contributed by atoms with E-state index in [-0.39, 0.29) is 0 Å². The summed E-state index contributed by atoms with van der Waals surface area (Å²) in [5, 5.41) is 8.63. The van der Waals surface area contributed by atoms with Crippen molar-refractivity contribution in [2.24, 2.45) is 0 Å². The minimum atomic E-state index is -0.869. The van der Waals surface area contributed by atoms with Crippen LogP contribution in [0.1, 0.15) is 39.5 Å². The summed E-state index contributed by atoms with van der Waals surface area (Å²) in [7, 11) is 0. The number of carboxylic acid groups (broad SMARTS) is 1. The molecule has 0 aromatic carbocycles. The van der Waals surface area contributed by atoms with Crippen molar-refractivity contribution in [3.63, 3.8) is 0 Å². The van der Waals surface area contributed by atoms with E-state index < -0.39 is 5.97 Å². The lowest BCUT2D eigenvalue weighted by molar-refractivity contribution is -0.132. The monoisotopic (exact) mass is 213 g/mol. The summed E-state index contributed by atoms with van der Waals surface area (Å²) in [5.74, 6) is -0.869. The van der Waals surface area contributed by atoms with Crippen LogP contribution >= 0.6 is 0 Å². The fourth-order valence-corrected chi connectivity index (χ4v) is 1.43. The summed E-state index contributed by atoms with van der Waals surface area (Å²) in [6.07, 6.45) is 3.91. The molecule has 0 saturated heterocycles. The van der Waals surface area contributed by atoms with Crippen LogP contribution in [0.3, 0.4) is 0 Å². The standard InChI is InChI=1S/C12H23NO2/c1-4-6-9-13(5-2)10-7-8-11(3)12(14)15/h3-10H2,1-2H3,(H,14,15). The largest absolute Gasteiger partial charge is 0.478 e. The van der Waals surface area contributed by atoms with E-state index in [1.54, 1.807) is 0 Å². The molecule has 0 amide bonds. The molecule has 3 heteroatoms. The SMILES string of the molecule is C=C(CCCN(CC)CCCC)C(=O)O. The highest BCUT2D eigenvalue weighted by Crippen LogP contribution is 2.04. The first kappa shape index (κ1) is 14.2. The summed E-state index contributed by atoms with van der Waals surface area (Å²) >= 11 is 0. The average molecular weight is 213 g/mol. The van der Waals surface area contributed by atoms with Gasteiger partial charge >= 0.3 is 5.97 Å². The molecule has 0 aromatic rings. The van der Waals surface area contributed by atoms with Crippen molar-refractivity contribution in [1.29, 1.82) is 0 Å². The van der Waals surface area contributed by atoms with E-state index >= 15 is 0 Å². The van der Waals surface area contributed by atoms with Crippen LogP contribution in [0.4, 0.5) is 0 Å². The topological polar surface area (TPSA) is 40.5 Å².